The fourth-order valence-electron chi connectivity index (χ4n) is 4.31. The summed E-state index contributed by atoms with van der Waals surface area (Å²) in [6.45, 7) is 2.23. The van der Waals surface area contributed by atoms with Gasteiger partial charge in [-0.15, -0.1) is 0 Å². The van der Waals surface area contributed by atoms with E-state index >= 15 is 4.39 Å². The zero-order valence-corrected chi connectivity index (χ0v) is 20.0. The molecule has 3 heterocycles. The zero-order valence-electron chi connectivity index (χ0n) is 20.0. The van der Waals surface area contributed by atoms with Crippen LogP contribution in [0.4, 0.5) is 4.39 Å². The van der Waals surface area contributed by atoms with Crippen molar-refractivity contribution in [3.8, 4) is 28.4 Å². The molecule has 0 atom stereocenters. The lowest BCUT2D eigenvalue weighted by atomic mass is 10.1. The molecular formula is C26H24FN5O4. The van der Waals surface area contributed by atoms with E-state index in [9.17, 15) is 9.59 Å². The maximum absolute atomic E-state index is 15.5. The van der Waals surface area contributed by atoms with Gasteiger partial charge in [-0.1, -0.05) is 12.1 Å². The fourth-order valence-corrected chi connectivity index (χ4v) is 4.31. The van der Waals surface area contributed by atoms with Crippen molar-refractivity contribution in [2.75, 3.05) is 13.7 Å². The maximum Gasteiger partial charge on any atom is 0.281 e. The molecule has 0 aliphatic carbocycles. The molecule has 0 aliphatic heterocycles. The van der Waals surface area contributed by atoms with Crippen molar-refractivity contribution in [2.45, 2.75) is 13.5 Å². The van der Waals surface area contributed by atoms with Crippen LogP contribution in [0, 0.1) is 5.82 Å². The van der Waals surface area contributed by atoms with Gasteiger partial charge in [0.1, 0.15) is 23.0 Å². The summed E-state index contributed by atoms with van der Waals surface area (Å²) in [6, 6.07) is 14.5. The zero-order chi connectivity index (χ0) is 25.4. The number of pyridine rings is 1. The second kappa shape index (κ2) is 9.21. The van der Waals surface area contributed by atoms with Gasteiger partial charge in [0.2, 0.25) is 0 Å². The van der Waals surface area contributed by atoms with Crippen molar-refractivity contribution in [1.82, 2.24) is 24.1 Å². The summed E-state index contributed by atoms with van der Waals surface area (Å²) in [5.41, 5.74) is 0.711. The number of para-hydroxylation sites is 2. The van der Waals surface area contributed by atoms with Gasteiger partial charge < -0.3 is 14.0 Å². The van der Waals surface area contributed by atoms with Crippen molar-refractivity contribution in [2.24, 2.45) is 7.05 Å². The van der Waals surface area contributed by atoms with Crippen LogP contribution in [0.5, 0.6) is 11.5 Å². The molecular weight excluding hydrogens is 465 g/mol. The monoisotopic (exact) mass is 489 g/mol. The third-order valence-corrected chi connectivity index (χ3v) is 5.88. The highest BCUT2D eigenvalue weighted by molar-refractivity contribution is 5.93. The van der Waals surface area contributed by atoms with Crippen LogP contribution in [-0.2, 0) is 13.6 Å². The molecule has 0 amide bonds. The van der Waals surface area contributed by atoms with E-state index in [1.165, 1.54) is 34.6 Å². The molecule has 0 unspecified atom stereocenters. The Morgan fingerprint density at radius 3 is 2.58 bits per heavy atom. The van der Waals surface area contributed by atoms with Crippen LogP contribution in [0.3, 0.4) is 0 Å². The average Bonchev–Trinajstić information content (AvgIpc) is 3.42. The van der Waals surface area contributed by atoms with Gasteiger partial charge in [0.05, 0.1) is 42.6 Å². The predicted octanol–water partition coefficient (Wildman–Crippen LogP) is 3.48. The van der Waals surface area contributed by atoms with Crippen LogP contribution in [-0.4, -0.2) is 37.8 Å². The molecule has 184 valence electrons. The van der Waals surface area contributed by atoms with Gasteiger partial charge in [-0.2, -0.15) is 5.10 Å². The SMILES string of the molecule is CCOc1ccc(-c2c3c(=O)n(-c4ccccc4OC)[nH]c3cc(=O)n2Cc2ccn(C)n2)c(F)c1. The van der Waals surface area contributed by atoms with Crippen molar-refractivity contribution in [1.29, 1.82) is 0 Å². The normalized spacial score (nSPS) is 11.2. The Hall–Kier alpha value is -4.60. The minimum absolute atomic E-state index is 0.0525. The predicted molar refractivity (Wildman–Crippen MR) is 134 cm³/mol. The van der Waals surface area contributed by atoms with Gasteiger partial charge in [0, 0.05) is 30.9 Å². The van der Waals surface area contributed by atoms with Gasteiger partial charge in [-0.3, -0.25) is 19.4 Å². The van der Waals surface area contributed by atoms with E-state index in [1.807, 2.05) is 0 Å². The lowest BCUT2D eigenvalue weighted by Gasteiger charge is -2.14. The number of benzene rings is 2. The molecule has 9 nitrogen and oxygen atoms in total. The number of ether oxygens (including phenoxy) is 2. The molecule has 2 aromatic carbocycles. The van der Waals surface area contributed by atoms with Crippen molar-refractivity contribution >= 4 is 10.9 Å². The highest BCUT2D eigenvalue weighted by atomic mass is 19.1. The number of fused-ring (bicyclic) bond motifs is 1. The molecule has 0 radical (unpaired) electrons. The molecule has 10 heteroatoms. The summed E-state index contributed by atoms with van der Waals surface area (Å²) in [5.74, 6) is 0.195. The summed E-state index contributed by atoms with van der Waals surface area (Å²) in [6.07, 6.45) is 1.75. The molecule has 0 fully saturated rings. The Morgan fingerprint density at radius 2 is 1.89 bits per heavy atom. The number of nitrogens with one attached hydrogen (secondary N) is 1. The molecule has 0 bridgehead atoms. The first-order valence-electron chi connectivity index (χ1n) is 11.3. The largest absolute Gasteiger partial charge is 0.494 e. The summed E-state index contributed by atoms with van der Waals surface area (Å²) in [4.78, 5) is 27.1. The van der Waals surface area contributed by atoms with E-state index < -0.39 is 16.9 Å². The van der Waals surface area contributed by atoms with Crippen molar-refractivity contribution in [3.63, 3.8) is 0 Å². The first-order chi connectivity index (χ1) is 17.4. The van der Waals surface area contributed by atoms with Gasteiger partial charge in [0.15, 0.2) is 0 Å². The Labute approximate surface area is 204 Å². The van der Waals surface area contributed by atoms with Crippen LogP contribution in [0.25, 0.3) is 27.8 Å². The second-order valence-electron chi connectivity index (χ2n) is 8.19. The molecule has 0 aliphatic rings. The van der Waals surface area contributed by atoms with E-state index in [1.54, 1.807) is 61.2 Å². The molecule has 1 N–H and O–H groups in total. The minimum Gasteiger partial charge on any atom is -0.494 e. The number of aromatic nitrogens is 5. The topological polar surface area (TPSA) is 96.1 Å². The number of methoxy groups -OCH3 is 1. The van der Waals surface area contributed by atoms with Gasteiger partial charge >= 0.3 is 0 Å². The summed E-state index contributed by atoms with van der Waals surface area (Å²) >= 11 is 0. The van der Waals surface area contributed by atoms with E-state index in [0.29, 0.717) is 29.5 Å². The van der Waals surface area contributed by atoms with E-state index in [-0.39, 0.29) is 28.7 Å². The first kappa shape index (κ1) is 23.2. The number of aryl methyl sites for hydroxylation is 1. The minimum atomic E-state index is -0.618. The number of nitrogens with zero attached hydrogens (tertiary/aromatic N) is 4. The van der Waals surface area contributed by atoms with Gasteiger partial charge in [0.25, 0.3) is 11.1 Å². The lowest BCUT2D eigenvalue weighted by Crippen LogP contribution is -2.24. The Kier molecular flexibility index (Phi) is 5.93. The van der Waals surface area contributed by atoms with Crippen LogP contribution in [0.2, 0.25) is 0 Å². The summed E-state index contributed by atoms with van der Waals surface area (Å²) in [7, 11) is 3.27. The van der Waals surface area contributed by atoms with E-state index in [4.69, 9.17) is 9.47 Å². The van der Waals surface area contributed by atoms with Crippen LogP contribution < -0.4 is 20.6 Å². The van der Waals surface area contributed by atoms with Crippen LogP contribution in [0.1, 0.15) is 12.6 Å². The highest BCUT2D eigenvalue weighted by Crippen LogP contribution is 2.31. The van der Waals surface area contributed by atoms with Crippen LogP contribution >= 0.6 is 0 Å². The number of H-pyrrole nitrogens is 1. The second-order valence-corrected chi connectivity index (χ2v) is 8.19. The molecule has 0 saturated carbocycles. The Morgan fingerprint density at radius 1 is 1.08 bits per heavy atom. The van der Waals surface area contributed by atoms with E-state index in [2.05, 4.69) is 10.2 Å². The summed E-state index contributed by atoms with van der Waals surface area (Å²) < 4.78 is 30.6. The summed E-state index contributed by atoms with van der Waals surface area (Å²) in [5, 5.41) is 7.52. The van der Waals surface area contributed by atoms with E-state index in [0.717, 1.165) is 0 Å². The molecule has 3 aromatic heterocycles. The maximum atomic E-state index is 15.5. The third-order valence-electron chi connectivity index (χ3n) is 5.88. The van der Waals surface area contributed by atoms with Crippen molar-refractivity contribution in [3.05, 3.63) is 93.0 Å². The third kappa shape index (κ3) is 3.96. The van der Waals surface area contributed by atoms with Gasteiger partial charge in [-0.25, -0.2) is 9.07 Å². The molecule has 36 heavy (non-hydrogen) atoms. The lowest BCUT2D eigenvalue weighted by molar-refractivity contribution is 0.338. The highest BCUT2D eigenvalue weighted by Gasteiger charge is 2.23. The number of hydrogen-bond donors (Lipinski definition) is 1. The average molecular weight is 490 g/mol. The van der Waals surface area contributed by atoms with Gasteiger partial charge in [-0.05, 0) is 37.3 Å². The quantitative estimate of drug-likeness (QED) is 0.378. The standard InChI is InChI=1S/C26H24FN5O4/c1-4-36-17-9-10-18(19(27)13-17)25-24-20(14-23(33)31(25)15-16-11-12-30(2)28-16)29-32(26(24)34)21-7-5-6-8-22(21)35-3/h5-14,29H,4,15H2,1-3H3. The number of rotatable bonds is 7. The fraction of sp³-hybridized carbons (Fsp3) is 0.192. The number of hydrogen-bond acceptors (Lipinski definition) is 5. The molecule has 0 spiro atoms. The van der Waals surface area contributed by atoms with Crippen LogP contribution in [0.15, 0.2) is 70.4 Å². The molecule has 5 rings (SSSR count). The Balaban J connectivity index is 1.83. The molecule has 5 aromatic rings. The first-order valence-corrected chi connectivity index (χ1v) is 11.3. The molecule has 0 saturated heterocycles. The van der Waals surface area contributed by atoms with Crippen molar-refractivity contribution < 1.29 is 13.9 Å². The number of halogens is 1. The smallest absolute Gasteiger partial charge is 0.281 e. The Bertz CT molecular complexity index is 1700. The number of aromatic amines is 1.